The molecule has 0 fully saturated rings. The van der Waals surface area contributed by atoms with Gasteiger partial charge in [0.2, 0.25) is 0 Å². The van der Waals surface area contributed by atoms with E-state index in [0.717, 1.165) is 27.0 Å². The lowest BCUT2D eigenvalue weighted by Gasteiger charge is -2.51. The quantitative estimate of drug-likeness (QED) is 0.724. The fourth-order valence-electron chi connectivity index (χ4n) is 4.16. The molecule has 1 amide bonds. The number of ether oxygens (including phenoxy) is 1. The molecule has 140 valence electrons. The number of hydrogen-bond acceptors (Lipinski definition) is 3. The van der Waals surface area contributed by atoms with Crippen LogP contribution in [-0.2, 0) is 0 Å². The summed E-state index contributed by atoms with van der Waals surface area (Å²) in [5.74, 6) is 0.665. The van der Waals surface area contributed by atoms with E-state index in [2.05, 4.69) is 65.1 Å². The number of anilines is 1. The number of halogens is 1. The molecule has 0 saturated heterocycles. The number of nitrogens with zero attached hydrogens (tertiary/aromatic N) is 1. The topological polar surface area (TPSA) is 41.6 Å². The normalized spacial score (nSPS) is 19.9. The largest absolute Gasteiger partial charge is 0.494 e. The van der Waals surface area contributed by atoms with Gasteiger partial charge in [0.25, 0.3) is 5.91 Å². The summed E-state index contributed by atoms with van der Waals surface area (Å²) in [6.07, 6.45) is 2.03. The SMILES string of the molecule is CCOc1cc2c3c(c1)C(C)=CC(C)(C)N3C(c1ccc(Br)cc1)NC2=O. The third kappa shape index (κ3) is 2.94. The molecule has 0 radical (unpaired) electrons. The highest BCUT2D eigenvalue weighted by Gasteiger charge is 2.43. The Hall–Kier alpha value is -2.27. The molecular weight excluding hydrogens is 404 g/mol. The second-order valence-corrected chi connectivity index (χ2v) is 8.49. The smallest absolute Gasteiger partial charge is 0.255 e. The summed E-state index contributed by atoms with van der Waals surface area (Å²) in [4.78, 5) is 15.3. The zero-order chi connectivity index (χ0) is 19.3. The van der Waals surface area contributed by atoms with Crippen LogP contribution in [0.1, 0.15) is 55.3 Å². The van der Waals surface area contributed by atoms with Crippen molar-refractivity contribution in [3.05, 3.63) is 63.6 Å². The minimum atomic E-state index is -0.246. The highest BCUT2D eigenvalue weighted by Crippen LogP contribution is 2.48. The summed E-state index contributed by atoms with van der Waals surface area (Å²) in [6.45, 7) is 8.99. The lowest BCUT2D eigenvalue weighted by Crippen LogP contribution is -2.56. The molecule has 0 aromatic heterocycles. The number of hydrogen-bond donors (Lipinski definition) is 1. The molecular formula is C22H23BrN2O2. The molecule has 2 heterocycles. The molecule has 0 aliphatic carbocycles. The molecule has 4 nitrogen and oxygen atoms in total. The van der Waals surface area contributed by atoms with Gasteiger partial charge in [0.05, 0.1) is 23.4 Å². The molecule has 27 heavy (non-hydrogen) atoms. The zero-order valence-corrected chi connectivity index (χ0v) is 17.6. The van der Waals surface area contributed by atoms with Crippen LogP contribution in [-0.4, -0.2) is 18.1 Å². The molecule has 2 aliphatic heterocycles. The number of nitrogens with one attached hydrogen (secondary N) is 1. The fraction of sp³-hybridized carbons (Fsp3) is 0.318. The number of allylic oxidation sites excluding steroid dienone is 1. The third-order valence-corrected chi connectivity index (χ3v) is 5.74. The van der Waals surface area contributed by atoms with Crippen molar-refractivity contribution < 1.29 is 9.53 Å². The summed E-state index contributed by atoms with van der Waals surface area (Å²) in [5, 5.41) is 3.20. The Kier molecular flexibility index (Phi) is 4.30. The zero-order valence-electron chi connectivity index (χ0n) is 16.0. The number of carbonyl (C=O) groups excluding carboxylic acids is 1. The lowest BCUT2D eigenvalue weighted by atomic mass is 9.84. The standard InChI is InChI=1S/C22H23BrN2O2/c1-5-27-16-10-17-13(2)12-22(3,4)25-19(17)18(11-16)21(26)24-20(25)14-6-8-15(23)9-7-14/h6-12,20H,5H2,1-4H3,(H,24,26). The van der Waals surface area contributed by atoms with E-state index in [0.29, 0.717) is 12.2 Å². The van der Waals surface area contributed by atoms with Crippen LogP contribution in [0.5, 0.6) is 5.75 Å². The van der Waals surface area contributed by atoms with E-state index >= 15 is 0 Å². The van der Waals surface area contributed by atoms with E-state index < -0.39 is 0 Å². The van der Waals surface area contributed by atoms with Gasteiger partial charge in [-0.2, -0.15) is 0 Å². The number of carbonyl (C=O) groups is 1. The Labute approximate surface area is 168 Å². The first kappa shape index (κ1) is 18.1. The molecule has 0 bridgehead atoms. The first-order chi connectivity index (χ1) is 12.8. The van der Waals surface area contributed by atoms with E-state index in [4.69, 9.17) is 4.74 Å². The molecule has 1 unspecified atom stereocenters. The Balaban J connectivity index is 1.94. The second-order valence-electron chi connectivity index (χ2n) is 7.58. The molecule has 2 aliphatic rings. The van der Waals surface area contributed by atoms with Gasteiger partial charge in [0.1, 0.15) is 11.9 Å². The van der Waals surface area contributed by atoms with E-state index in [-0.39, 0.29) is 17.6 Å². The Morgan fingerprint density at radius 2 is 1.85 bits per heavy atom. The van der Waals surface area contributed by atoms with Crippen molar-refractivity contribution in [3.8, 4) is 5.75 Å². The Morgan fingerprint density at radius 1 is 1.19 bits per heavy atom. The van der Waals surface area contributed by atoms with Gasteiger partial charge in [-0.25, -0.2) is 0 Å². The molecule has 0 saturated carbocycles. The van der Waals surface area contributed by atoms with Gasteiger partial charge < -0.3 is 15.0 Å². The maximum Gasteiger partial charge on any atom is 0.255 e. The number of benzene rings is 2. The molecule has 5 heteroatoms. The average molecular weight is 427 g/mol. The van der Waals surface area contributed by atoms with Gasteiger partial charge in [0, 0.05) is 10.0 Å². The fourth-order valence-corrected chi connectivity index (χ4v) is 4.43. The second kappa shape index (κ2) is 6.41. The predicted octanol–water partition coefficient (Wildman–Crippen LogP) is 5.29. The van der Waals surface area contributed by atoms with E-state index in [9.17, 15) is 4.79 Å². The van der Waals surface area contributed by atoms with Crippen molar-refractivity contribution in [1.29, 1.82) is 0 Å². The van der Waals surface area contributed by atoms with Crippen molar-refractivity contribution >= 4 is 33.1 Å². The third-order valence-electron chi connectivity index (χ3n) is 5.21. The van der Waals surface area contributed by atoms with Crippen LogP contribution in [0.25, 0.3) is 5.57 Å². The minimum Gasteiger partial charge on any atom is -0.494 e. The Bertz CT molecular complexity index is 948. The highest BCUT2D eigenvalue weighted by molar-refractivity contribution is 9.10. The van der Waals surface area contributed by atoms with E-state index in [1.807, 2.05) is 31.2 Å². The molecule has 2 aromatic carbocycles. The first-order valence-electron chi connectivity index (χ1n) is 9.18. The van der Waals surface area contributed by atoms with Gasteiger partial charge in [-0.1, -0.05) is 34.1 Å². The van der Waals surface area contributed by atoms with Crippen molar-refractivity contribution in [2.24, 2.45) is 0 Å². The van der Waals surface area contributed by atoms with Crippen LogP contribution < -0.4 is 15.0 Å². The van der Waals surface area contributed by atoms with Crippen LogP contribution in [0.15, 0.2) is 46.9 Å². The van der Waals surface area contributed by atoms with Gasteiger partial charge in [0.15, 0.2) is 0 Å². The summed E-state index contributed by atoms with van der Waals surface area (Å²) in [6, 6.07) is 12.0. The molecule has 4 rings (SSSR count). The number of amides is 1. The van der Waals surface area contributed by atoms with Gasteiger partial charge in [-0.3, -0.25) is 4.79 Å². The minimum absolute atomic E-state index is 0.0672. The number of rotatable bonds is 3. The summed E-state index contributed by atoms with van der Waals surface area (Å²) in [5.41, 5.74) is 4.69. The molecule has 0 spiro atoms. The van der Waals surface area contributed by atoms with Crippen LogP contribution in [0.2, 0.25) is 0 Å². The van der Waals surface area contributed by atoms with Crippen molar-refractivity contribution in [1.82, 2.24) is 5.32 Å². The van der Waals surface area contributed by atoms with Gasteiger partial charge in [-0.05, 0) is 63.1 Å². The Morgan fingerprint density at radius 3 is 2.52 bits per heavy atom. The molecule has 2 aromatic rings. The maximum absolute atomic E-state index is 13.0. The molecule has 1 atom stereocenters. The van der Waals surface area contributed by atoms with Gasteiger partial charge in [-0.15, -0.1) is 0 Å². The van der Waals surface area contributed by atoms with Crippen molar-refractivity contribution in [3.63, 3.8) is 0 Å². The van der Waals surface area contributed by atoms with Gasteiger partial charge >= 0.3 is 0 Å². The first-order valence-corrected chi connectivity index (χ1v) is 9.97. The average Bonchev–Trinajstić information content (AvgIpc) is 2.61. The van der Waals surface area contributed by atoms with E-state index in [1.54, 1.807) is 0 Å². The van der Waals surface area contributed by atoms with Crippen LogP contribution in [0.4, 0.5) is 5.69 Å². The monoisotopic (exact) mass is 426 g/mol. The summed E-state index contributed by atoms with van der Waals surface area (Å²) in [7, 11) is 0. The van der Waals surface area contributed by atoms with Crippen LogP contribution in [0, 0.1) is 0 Å². The van der Waals surface area contributed by atoms with Crippen molar-refractivity contribution in [2.45, 2.75) is 39.4 Å². The van der Waals surface area contributed by atoms with Crippen LogP contribution in [0.3, 0.4) is 0 Å². The molecule has 1 N–H and O–H groups in total. The van der Waals surface area contributed by atoms with E-state index in [1.165, 1.54) is 5.57 Å². The summed E-state index contributed by atoms with van der Waals surface area (Å²) >= 11 is 3.49. The maximum atomic E-state index is 13.0. The highest BCUT2D eigenvalue weighted by atomic mass is 79.9. The van der Waals surface area contributed by atoms with Crippen LogP contribution >= 0.6 is 15.9 Å². The summed E-state index contributed by atoms with van der Waals surface area (Å²) < 4.78 is 6.73. The van der Waals surface area contributed by atoms with Crippen molar-refractivity contribution in [2.75, 3.05) is 11.5 Å². The lowest BCUT2D eigenvalue weighted by molar-refractivity contribution is 0.0921. The predicted molar refractivity (Wildman–Crippen MR) is 112 cm³/mol.